The number of nitrogens with zero attached hydrogens (tertiary/aromatic N) is 2. The van der Waals surface area contributed by atoms with E-state index in [4.69, 9.17) is 0 Å². The van der Waals surface area contributed by atoms with E-state index in [-0.39, 0.29) is 0 Å². The summed E-state index contributed by atoms with van der Waals surface area (Å²) in [7, 11) is 0. The topological polar surface area (TPSA) is 37.8 Å². The van der Waals surface area contributed by atoms with Crippen LogP contribution in [0.3, 0.4) is 0 Å². The number of thioether (sulfide) groups is 1. The molecule has 1 N–H and O–H groups in total. The Morgan fingerprint density at radius 2 is 1.88 bits per heavy atom. The molecule has 3 nitrogen and oxygen atoms in total. The first-order valence-corrected chi connectivity index (χ1v) is 10.5. The van der Waals surface area contributed by atoms with Crippen LogP contribution in [0.2, 0.25) is 0 Å². The van der Waals surface area contributed by atoms with Gasteiger partial charge in [-0.15, -0.1) is 23.1 Å². The van der Waals surface area contributed by atoms with Crippen molar-refractivity contribution < 1.29 is 0 Å². The average Bonchev–Trinajstić information content (AvgIpc) is 3.09. The summed E-state index contributed by atoms with van der Waals surface area (Å²) in [6.07, 6.45) is 3.71. The second kappa shape index (κ2) is 7.09. The van der Waals surface area contributed by atoms with Crippen molar-refractivity contribution in [2.75, 3.05) is 11.6 Å². The molecule has 4 rings (SSSR count). The lowest BCUT2D eigenvalue weighted by Crippen LogP contribution is -1.95. The van der Waals surface area contributed by atoms with E-state index in [1.165, 1.54) is 27.1 Å². The highest BCUT2D eigenvalue weighted by Gasteiger charge is 2.14. The van der Waals surface area contributed by atoms with Gasteiger partial charge in [0.25, 0.3) is 0 Å². The third-order valence-electron chi connectivity index (χ3n) is 4.52. The number of aryl methyl sites for hydroxylation is 2. The van der Waals surface area contributed by atoms with E-state index in [0.29, 0.717) is 0 Å². The molecule has 0 amide bonds. The molecule has 0 radical (unpaired) electrons. The normalized spacial score (nSPS) is 11.0. The summed E-state index contributed by atoms with van der Waals surface area (Å²) in [5, 5.41) is 6.74. The van der Waals surface area contributed by atoms with E-state index >= 15 is 0 Å². The first-order chi connectivity index (χ1) is 12.7. The fraction of sp³-hybridized carbons (Fsp3) is 0.143. The largest absolute Gasteiger partial charge is 0.340 e. The highest BCUT2D eigenvalue weighted by molar-refractivity contribution is 7.98. The third-order valence-corrected chi connectivity index (χ3v) is 6.13. The Kier molecular flexibility index (Phi) is 4.66. The molecule has 0 aliphatic heterocycles. The van der Waals surface area contributed by atoms with Gasteiger partial charge >= 0.3 is 0 Å². The molecule has 5 heteroatoms. The Labute approximate surface area is 161 Å². The lowest BCUT2D eigenvalue weighted by molar-refractivity contribution is 1.23. The maximum absolute atomic E-state index is 4.53. The van der Waals surface area contributed by atoms with Crippen molar-refractivity contribution in [1.82, 2.24) is 9.97 Å². The molecule has 0 aliphatic carbocycles. The maximum Gasteiger partial charge on any atom is 0.143 e. The van der Waals surface area contributed by atoms with Gasteiger partial charge in [-0.1, -0.05) is 24.3 Å². The molecule has 0 spiro atoms. The van der Waals surface area contributed by atoms with Crippen molar-refractivity contribution >= 4 is 44.8 Å². The van der Waals surface area contributed by atoms with Crippen molar-refractivity contribution in [3.63, 3.8) is 0 Å². The molecule has 0 unspecified atom stereocenters. The van der Waals surface area contributed by atoms with Gasteiger partial charge in [-0.2, -0.15) is 0 Å². The summed E-state index contributed by atoms with van der Waals surface area (Å²) in [4.78, 5) is 11.2. The quantitative estimate of drug-likeness (QED) is 0.415. The molecular formula is C21H19N3S2. The molecule has 0 bridgehead atoms. The highest BCUT2D eigenvalue weighted by atomic mass is 32.2. The molecular weight excluding hydrogens is 358 g/mol. The van der Waals surface area contributed by atoms with Gasteiger partial charge < -0.3 is 5.32 Å². The molecule has 0 saturated carbocycles. The van der Waals surface area contributed by atoms with Crippen LogP contribution in [-0.2, 0) is 0 Å². The second-order valence-corrected chi connectivity index (χ2v) is 7.95. The fourth-order valence-corrected chi connectivity index (χ4v) is 4.30. The fourth-order valence-electron chi connectivity index (χ4n) is 2.93. The summed E-state index contributed by atoms with van der Waals surface area (Å²) in [6, 6.07) is 15.0. The van der Waals surface area contributed by atoms with Crippen LogP contribution in [-0.4, -0.2) is 16.2 Å². The summed E-state index contributed by atoms with van der Waals surface area (Å²) >= 11 is 3.39. The van der Waals surface area contributed by atoms with Gasteiger partial charge in [0.15, 0.2) is 0 Å². The molecule has 0 atom stereocenters. The Balaban J connectivity index is 1.82. The predicted molar refractivity (Wildman–Crippen MR) is 114 cm³/mol. The first kappa shape index (κ1) is 17.1. The lowest BCUT2D eigenvalue weighted by Gasteiger charge is -2.10. The van der Waals surface area contributed by atoms with Crippen molar-refractivity contribution in [2.45, 2.75) is 18.7 Å². The molecule has 0 fully saturated rings. The zero-order valence-corrected chi connectivity index (χ0v) is 16.5. The molecule has 2 aromatic heterocycles. The van der Waals surface area contributed by atoms with Crippen LogP contribution in [0.5, 0.6) is 0 Å². The molecule has 130 valence electrons. The Hall–Kier alpha value is -2.37. The summed E-state index contributed by atoms with van der Waals surface area (Å²) in [6.45, 7) is 4.29. The van der Waals surface area contributed by atoms with Crippen LogP contribution in [0, 0.1) is 13.8 Å². The third kappa shape index (κ3) is 3.20. The van der Waals surface area contributed by atoms with Crippen molar-refractivity contribution in [3.8, 4) is 11.1 Å². The van der Waals surface area contributed by atoms with Gasteiger partial charge in [-0.25, -0.2) is 9.97 Å². The minimum absolute atomic E-state index is 0.850. The maximum atomic E-state index is 4.53. The Bertz CT molecular complexity index is 1090. The van der Waals surface area contributed by atoms with Gasteiger partial charge in [-0.05, 0) is 55.0 Å². The molecule has 26 heavy (non-hydrogen) atoms. The van der Waals surface area contributed by atoms with Crippen LogP contribution < -0.4 is 5.32 Å². The summed E-state index contributed by atoms with van der Waals surface area (Å²) in [5.41, 5.74) is 6.01. The number of fused-ring (bicyclic) bond motifs is 1. The number of nitrogens with one attached hydrogen (secondary N) is 1. The molecule has 4 aromatic rings. The van der Waals surface area contributed by atoms with Gasteiger partial charge in [-0.3, -0.25) is 0 Å². The first-order valence-electron chi connectivity index (χ1n) is 8.36. The number of anilines is 2. The van der Waals surface area contributed by atoms with Crippen LogP contribution in [0.25, 0.3) is 21.3 Å². The number of thiophene rings is 1. The number of rotatable bonds is 4. The molecule has 2 aromatic carbocycles. The van der Waals surface area contributed by atoms with E-state index in [0.717, 1.165) is 21.7 Å². The molecule has 2 heterocycles. The lowest BCUT2D eigenvalue weighted by atomic mass is 10.0. The van der Waals surface area contributed by atoms with Gasteiger partial charge in [0, 0.05) is 21.5 Å². The van der Waals surface area contributed by atoms with E-state index in [9.17, 15) is 0 Å². The second-order valence-electron chi connectivity index (χ2n) is 6.21. The zero-order valence-electron chi connectivity index (χ0n) is 14.9. The summed E-state index contributed by atoms with van der Waals surface area (Å²) < 4.78 is 0. The number of benzene rings is 2. The Morgan fingerprint density at radius 1 is 1.00 bits per heavy atom. The smallest absolute Gasteiger partial charge is 0.143 e. The Morgan fingerprint density at radius 3 is 2.69 bits per heavy atom. The van der Waals surface area contributed by atoms with Crippen molar-refractivity contribution in [3.05, 3.63) is 65.3 Å². The van der Waals surface area contributed by atoms with E-state index < -0.39 is 0 Å². The number of hydrogen-bond acceptors (Lipinski definition) is 5. The molecule has 0 aliphatic rings. The highest BCUT2D eigenvalue weighted by Crippen LogP contribution is 2.38. The van der Waals surface area contributed by atoms with E-state index in [1.807, 2.05) is 0 Å². The number of hydrogen-bond donors (Lipinski definition) is 1. The van der Waals surface area contributed by atoms with E-state index in [2.05, 4.69) is 83.2 Å². The SMILES string of the molecule is CSc1cccc(Nc2ncnc3scc(-c4ccc(C)c(C)c4)c23)c1. The van der Waals surface area contributed by atoms with Crippen LogP contribution in [0.1, 0.15) is 11.1 Å². The van der Waals surface area contributed by atoms with E-state index in [1.54, 1.807) is 29.4 Å². The number of aromatic nitrogens is 2. The molecule has 0 saturated heterocycles. The monoisotopic (exact) mass is 377 g/mol. The van der Waals surface area contributed by atoms with Gasteiger partial charge in [0.2, 0.25) is 0 Å². The van der Waals surface area contributed by atoms with Gasteiger partial charge in [0.1, 0.15) is 17.0 Å². The predicted octanol–water partition coefficient (Wildman–Crippen LogP) is 6.44. The van der Waals surface area contributed by atoms with Crippen LogP contribution >= 0.6 is 23.1 Å². The average molecular weight is 378 g/mol. The zero-order chi connectivity index (χ0) is 18.1. The minimum atomic E-state index is 0.850. The standard InChI is InChI=1S/C21H19N3S2/c1-13-7-8-15(9-14(13)2)18-11-26-21-19(18)20(22-12-23-21)24-16-5-4-6-17(10-16)25-3/h4-12H,1-3H3,(H,22,23,24). The van der Waals surface area contributed by atoms with Crippen molar-refractivity contribution in [2.24, 2.45) is 0 Å². The van der Waals surface area contributed by atoms with Crippen LogP contribution in [0.15, 0.2) is 59.1 Å². The van der Waals surface area contributed by atoms with Crippen molar-refractivity contribution in [1.29, 1.82) is 0 Å². The summed E-state index contributed by atoms with van der Waals surface area (Å²) in [5.74, 6) is 0.850. The minimum Gasteiger partial charge on any atom is -0.340 e. The van der Waals surface area contributed by atoms with Crippen LogP contribution in [0.4, 0.5) is 11.5 Å². The van der Waals surface area contributed by atoms with Gasteiger partial charge in [0.05, 0.1) is 5.39 Å².